The molecule has 2 heterocycles. The first-order valence-electron chi connectivity index (χ1n) is 6.64. The van der Waals surface area contributed by atoms with E-state index in [1.165, 1.54) is 11.3 Å². The van der Waals surface area contributed by atoms with Crippen molar-refractivity contribution < 1.29 is 9.47 Å². The first-order valence-corrected chi connectivity index (χ1v) is 6.64. The Morgan fingerprint density at radius 3 is 2.94 bits per heavy atom. The summed E-state index contributed by atoms with van der Waals surface area (Å²) in [7, 11) is 0. The zero-order chi connectivity index (χ0) is 12.5. The van der Waals surface area contributed by atoms with Crippen molar-refractivity contribution in [2.75, 3.05) is 37.7 Å². The predicted molar refractivity (Wildman–Crippen MR) is 71.8 cm³/mol. The molecule has 2 aliphatic rings. The highest BCUT2D eigenvalue weighted by atomic mass is 16.6. The van der Waals surface area contributed by atoms with Gasteiger partial charge < -0.3 is 19.7 Å². The molecule has 0 spiro atoms. The van der Waals surface area contributed by atoms with Gasteiger partial charge in [0.25, 0.3) is 0 Å². The maximum atomic E-state index is 5.85. The molecule has 0 radical (unpaired) electrons. The largest absolute Gasteiger partial charge is 0.486 e. The maximum absolute atomic E-state index is 5.85. The molecule has 0 amide bonds. The number of aryl methyl sites for hydroxylation is 1. The lowest BCUT2D eigenvalue weighted by Gasteiger charge is -2.38. The monoisotopic (exact) mass is 248 g/mol. The number of ether oxygens (including phenoxy) is 2. The zero-order valence-electron chi connectivity index (χ0n) is 11.0. The van der Waals surface area contributed by atoms with Crippen LogP contribution in [0.5, 0.6) is 11.5 Å². The third kappa shape index (κ3) is 1.90. The molecule has 4 nitrogen and oxygen atoms in total. The standard InChI is InChI=1S/C14H20N2O2/c1-10-3-4-12-14(18-8-7-17-12)13(10)16-6-5-15-9-11(16)2/h3-4,11,15H,5-9H2,1-2H3. The van der Waals surface area contributed by atoms with Crippen LogP contribution in [0.2, 0.25) is 0 Å². The molecular formula is C14H20N2O2. The molecule has 1 saturated heterocycles. The summed E-state index contributed by atoms with van der Waals surface area (Å²) < 4.78 is 11.5. The Morgan fingerprint density at radius 1 is 1.28 bits per heavy atom. The van der Waals surface area contributed by atoms with E-state index in [0.717, 1.165) is 31.1 Å². The molecule has 1 fully saturated rings. The van der Waals surface area contributed by atoms with Crippen molar-refractivity contribution in [1.29, 1.82) is 0 Å². The topological polar surface area (TPSA) is 33.7 Å². The van der Waals surface area contributed by atoms with Gasteiger partial charge in [0.05, 0.1) is 5.69 Å². The Labute approximate surface area is 108 Å². The molecule has 3 rings (SSSR count). The van der Waals surface area contributed by atoms with Gasteiger partial charge in [0, 0.05) is 25.7 Å². The summed E-state index contributed by atoms with van der Waals surface area (Å²) in [5, 5.41) is 3.42. The third-order valence-corrected chi connectivity index (χ3v) is 3.67. The molecule has 98 valence electrons. The average Bonchev–Trinajstić information content (AvgIpc) is 2.40. The Balaban J connectivity index is 2.04. The van der Waals surface area contributed by atoms with Crippen LogP contribution in [-0.2, 0) is 0 Å². The molecule has 0 bridgehead atoms. The van der Waals surface area contributed by atoms with Crippen LogP contribution in [-0.4, -0.2) is 38.9 Å². The van der Waals surface area contributed by atoms with Gasteiger partial charge in [0.1, 0.15) is 13.2 Å². The average molecular weight is 248 g/mol. The molecule has 0 aliphatic carbocycles. The van der Waals surface area contributed by atoms with Crippen molar-refractivity contribution >= 4 is 5.69 Å². The number of piperazine rings is 1. The van der Waals surface area contributed by atoms with Crippen LogP contribution >= 0.6 is 0 Å². The summed E-state index contributed by atoms with van der Waals surface area (Å²) in [4.78, 5) is 2.43. The fourth-order valence-electron chi connectivity index (χ4n) is 2.73. The number of hydrogen-bond donors (Lipinski definition) is 1. The summed E-state index contributed by atoms with van der Waals surface area (Å²) in [6.45, 7) is 8.73. The van der Waals surface area contributed by atoms with Gasteiger partial charge in [-0.2, -0.15) is 0 Å². The fraction of sp³-hybridized carbons (Fsp3) is 0.571. The van der Waals surface area contributed by atoms with Gasteiger partial charge in [-0.05, 0) is 25.5 Å². The number of benzene rings is 1. The van der Waals surface area contributed by atoms with Crippen LogP contribution in [0.25, 0.3) is 0 Å². The van der Waals surface area contributed by atoms with E-state index in [0.29, 0.717) is 19.3 Å². The molecular weight excluding hydrogens is 228 g/mol. The van der Waals surface area contributed by atoms with Crippen molar-refractivity contribution in [1.82, 2.24) is 5.32 Å². The van der Waals surface area contributed by atoms with E-state index in [9.17, 15) is 0 Å². The molecule has 1 aromatic carbocycles. The second-order valence-corrected chi connectivity index (χ2v) is 5.00. The minimum Gasteiger partial charge on any atom is -0.486 e. The number of rotatable bonds is 1. The highest BCUT2D eigenvalue weighted by molar-refractivity contribution is 5.70. The van der Waals surface area contributed by atoms with Gasteiger partial charge in [-0.25, -0.2) is 0 Å². The number of fused-ring (bicyclic) bond motifs is 1. The first kappa shape index (κ1) is 11.7. The lowest BCUT2D eigenvalue weighted by Crippen LogP contribution is -2.50. The third-order valence-electron chi connectivity index (χ3n) is 3.67. The van der Waals surface area contributed by atoms with Gasteiger partial charge in [0.2, 0.25) is 0 Å². The van der Waals surface area contributed by atoms with Crippen molar-refractivity contribution in [3.8, 4) is 11.5 Å². The van der Waals surface area contributed by atoms with E-state index >= 15 is 0 Å². The van der Waals surface area contributed by atoms with Crippen LogP contribution in [0.15, 0.2) is 12.1 Å². The maximum Gasteiger partial charge on any atom is 0.184 e. The molecule has 1 N–H and O–H groups in total. The van der Waals surface area contributed by atoms with Crippen molar-refractivity contribution in [2.24, 2.45) is 0 Å². The van der Waals surface area contributed by atoms with E-state index in [1.54, 1.807) is 0 Å². The second-order valence-electron chi connectivity index (χ2n) is 5.00. The van der Waals surface area contributed by atoms with Crippen LogP contribution in [0.4, 0.5) is 5.69 Å². The molecule has 1 unspecified atom stereocenters. The fourth-order valence-corrected chi connectivity index (χ4v) is 2.73. The molecule has 4 heteroatoms. The summed E-state index contributed by atoms with van der Waals surface area (Å²) in [6, 6.07) is 4.62. The normalized spacial score (nSPS) is 23.0. The highest BCUT2D eigenvalue weighted by Crippen LogP contribution is 2.42. The smallest absolute Gasteiger partial charge is 0.184 e. The van der Waals surface area contributed by atoms with Crippen LogP contribution in [0.3, 0.4) is 0 Å². The van der Waals surface area contributed by atoms with E-state index in [1.807, 2.05) is 6.07 Å². The Bertz CT molecular complexity index is 448. The lowest BCUT2D eigenvalue weighted by molar-refractivity contribution is 0.171. The molecule has 1 atom stereocenters. The highest BCUT2D eigenvalue weighted by Gasteiger charge is 2.26. The zero-order valence-corrected chi connectivity index (χ0v) is 11.0. The van der Waals surface area contributed by atoms with E-state index < -0.39 is 0 Å². The van der Waals surface area contributed by atoms with Gasteiger partial charge in [0.15, 0.2) is 11.5 Å². The minimum absolute atomic E-state index is 0.481. The summed E-state index contributed by atoms with van der Waals surface area (Å²) in [6.07, 6.45) is 0. The summed E-state index contributed by atoms with van der Waals surface area (Å²) in [5.41, 5.74) is 2.47. The van der Waals surface area contributed by atoms with Crippen molar-refractivity contribution in [2.45, 2.75) is 19.9 Å². The summed E-state index contributed by atoms with van der Waals surface area (Å²) in [5.74, 6) is 1.81. The predicted octanol–water partition coefficient (Wildman–Crippen LogP) is 1.56. The van der Waals surface area contributed by atoms with E-state index in [2.05, 4.69) is 30.1 Å². The van der Waals surface area contributed by atoms with E-state index in [-0.39, 0.29) is 0 Å². The number of nitrogens with zero attached hydrogens (tertiary/aromatic N) is 1. The molecule has 18 heavy (non-hydrogen) atoms. The van der Waals surface area contributed by atoms with E-state index in [4.69, 9.17) is 9.47 Å². The van der Waals surface area contributed by atoms with Crippen molar-refractivity contribution in [3.63, 3.8) is 0 Å². The van der Waals surface area contributed by atoms with Gasteiger partial charge in [-0.3, -0.25) is 0 Å². The van der Waals surface area contributed by atoms with Gasteiger partial charge >= 0.3 is 0 Å². The number of nitrogens with one attached hydrogen (secondary N) is 1. The lowest BCUT2D eigenvalue weighted by atomic mass is 10.1. The van der Waals surface area contributed by atoms with Gasteiger partial charge in [-0.15, -0.1) is 0 Å². The first-order chi connectivity index (χ1) is 8.77. The molecule has 1 aromatic rings. The number of hydrogen-bond acceptors (Lipinski definition) is 4. The Hall–Kier alpha value is -1.42. The molecule has 0 saturated carbocycles. The SMILES string of the molecule is Cc1ccc2c(c1N1CCNCC1C)OCCO2. The van der Waals surface area contributed by atoms with Crippen LogP contribution in [0.1, 0.15) is 12.5 Å². The van der Waals surface area contributed by atoms with Crippen LogP contribution < -0.4 is 19.7 Å². The molecule has 0 aromatic heterocycles. The summed E-state index contributed by atoms with van der Waals surface area (Å²) >= 11 is 0. The Kier molecular flexibility index (Phi) is 3.04. The Morgan fingerprint density at radius 2 is 2.11 bits per heavy atom. The quantitative estimate of drug-likeness (QED) is 0.818. The number of anilines is 1. The minimum atomic E-state index is 0.481. The molecule has 2 aliphatic heterocycles. The van der Waals surface area contributed by atoms with Gasteiger partial charge in [-0.1, -0.05) is 6.07 Å². The van der Waals surface area contributed by atoms with Crippen LogP contribution in [0, 0.1) is 6.92 Å². The van der Waals surface area contributed by atoms with Crippen molar-refractivity contribution in [3.05, 3.63) is 17.7 Å². The second kappa shape index (κ2) is 4.69.